The predicted molar refractivity (Wildman–Crippen MR) is 141 cm³/mol. The van der Waals surface area contributed by atoms with Gasteiger partial charge in [-0.25, -0.2) is 4.79 Å². The van der Waals surface area contributed by atoms with Crippen LogP contribution in [0.4, 0.5) is 16.2 Å². The smallest absolute Gasteiger partial charge is 0.320 e. The molecular formula is C27H36N4O6. The summed E-state index contributed by atoms with van der Waals surface area (Å²) in [5, 5.41) is 8.41. The van der Waals surface area contributed by atoms with Gasteiger partial charge >= 0.3 is 6.03 Å². The molecule has 4 amide bonds. The molecule has 1 aliphatic rings. The lowest BCUT2D eigenvalue weighted by molar-refractivity contribution is -0.138. The first-order valence-corrected chi connectivity index (χ1v) is 12.5. The number of rotatable bonds is 13. The summed E-state index contributed by atoms with van der Waals surface area (Å²) in [6.45, 7) is 7.00. The topological polar surface area (TPSA) is 118 Å². The zero-order valence-corrected chi connectivity index (χ0v) is 21.8. The van der Waals surface area contributed by atoms with E-state index in [1.54, 1.807) is 48.5 Å². The summed E-state index contributed by atoms with van der Waals surface area (Å²) in [6.07, 6.45) is -0.190. The first-order valence-electron chi connectivity index (χ1n) is 12.5. The average molecular weight is 513 g/mol. The van der Waals surface area contributed by atoms with Crippen LogP contribution in [0.25, 0.3) is 0 Å². The summed E-state index contributed by atoms with van der Waals surface area (Å²) in [5.41, 5.74) is -0.0350. The Morgan fingerprint density at radius 3 is 2.43 bits per heavy atom. The van der Waals surface area contributed by atoms with E-state index in [1.165, 1.54) is 12.0 Å². The molecule has 1 atom stereocenters. The highest BCUT2D eigenvalue weighted by Crippen LogP contribution is 2.42. The monoisotopic (exact) mass is 512 g/mol. The molecule has 3 N–H and O–H groups in total. The third-order valence-electron chi connectivity index (χ3n) is 5.95. The number of hydrogen-bond donors (Lipinski definition) is 3. The first kappa shape index (κ1) is 27.9. The van der Waals surface area contributed by atoms with Crippen molar-refractivity contribution in [2.75, 3.05) is 43.6 Å². The molecule has 1 aliphatic heterocycles. The van der Waals surface area contributed by atoms with Crippen LogP contribution in [0.1, 0.15) is 39.2 Å². The quantitative estimate of drug-likeness (QED) is 0.354. The lowest BCUT2D eigenvalue weighted by atomic mass is 9.87. The summed E-state index contributed by atoms with van der Waals surface area (Å²) in [7, 11) is 1.53. The minimum atomic E-state index is -1.62. The molecule has 0 saturated carbocycles. The van der Waals surface area contributed by atoms with Crippen molar-refractivity contribution in [2.45, 2.75) is 45.4 Å². The lowest BCUT2D eigenvalue weighted by Gasteiger charge is -2.30. The number of carbonyl (C=O) groups excluding carboxylic acids is 3. The van der Waals surface area contributed by atoms with E-state index in [-0.39, 0.29) is 18.9 Å². The fourth-order valence-corrected chi connectivity index (χ4v) is 4.34. The van der Waals surface area contributed by atoms with Crippen LogP contribution in [0.15, 0.2) is 48.5 Å². The first-order chi connectivity index (χ1) is 17.9. The van der Waals surface area contributed by atoms with Gasteiger partial charge in [0.05, 0.1) is 25.8 Å². The number of benzene rings is 2. The van der Waals surface area contributed by atoms with Crippen LogP contribution in [-0.2, 0) is 24.6 Å². The van der Waals surface area contributed by atoms with Crippen LogP contribution in [0, 0.1) is 0 Å². The van der Waals surface area contributed by atoms with Crippen molar-refractivity contribution in [1.82, 2.24) is 10.6 Å². The molecule has 2 aromatic carbocycles. The zero-order valence-electron chi connectivity index (χ0n) is 21.8. The van der Waals surface area contributed by atoms with Gasteiger partial charge in [0, 0.05) is 37.1 Å². The van der Waals surface area contributed by atoms with Crippen molar-refractivity contribution in [2.24, 2.45) is 0 Å². The number of hydrogen-bond acceptors (Lipinski definition) is 6. The van der Waals surface area contributed by atoms with E-state index in [0.717, 1.165) is 6.42 Å². The van der Waals surface area contributed by atoms with Crippen molar-refractivity contribution in [3.63, 3.8) is 0 Å². The maximum atomic E-state index is 14.1. The predicted octanol–water partition coefficient (Wildman–Crippen LogP) is 3.37. The van der Waals surface area contributed by atoms with Gasteiger partial charge in [0.1, 0.15) is 5.75 Å². The van der Waals surface area contributed by atoms with Crippen molar-refractivity contribution >= 4 is 29.2 Å². The molecular weight excluding hydrogens is 476 g/mol. The van der Waals surface area contributed by atoms with Crippen molar-refractivity contribution < 1.29 is 28.6 Å². The summed E-state index contributed by atoms with van der Waals surface area (Å²) in [6, 6.07) is 13.3. The molecule has 3 rings (SSSR count). The van der Waals surface area contributed by atoms with Gasteiger partial charge in [-0.3, -0.25) is 9.59 Å². The van der Waals surface area contributed by atoms with E-state index < -0.39 is 23.8 Å². The Labute approximate surface area is 217 Å². The molecule has 2 aromatic rings. The van der Waals surface area contributed by atoms with E-state index >= 15 is 0 Å². The van der Waals surface area contributed by atoms with Crippen LogP contribution in [-0.4, -0.2) is 57.5 Å². The largest absolute Gasteiger partial charge is 0.497 e. The Balaban J connectivity index is 1.98. The Morgan fingerprint density at radius 1 is 1.03 bits per heavy atom. The number of amides is 4. The fraction of sp³-hybridized carbons (Fsp3) is 0.444. The molecule has 0 saturated heterocycles. The van der Waals surface area contributed by atoms with Crippen LogP contribution < -0.4 is 25.6 Å². The van der Waals surface area contributed by atoms with Gasteiger partial charge in [0.25, 0.3) is 5.91 Å². The Bertz CT molecular complexity index is 1090. The fourth-order valence-electron chi connectivity index (χ4n) is 4.34. The highest BCUT2D eigenvalue weighted by molar-refractivity contribution is 6.12. The van der Waals surface area contributed by atoms with Gasteiger partial charge in [-0.2, -0.15) is 0 Å². The number of ether oxygens (including phenoxy) is 3. The van der Waals surface area contributed by atoms with Gasteiger partial charge in [0.15, 0.2) is 11.8 Å². The molecule has 1 heterocycles. The summed E-state index contributed by atoms with van der Waals surface area (Å²) >= 11 is 0. The van der Waals surface area contributed by atoms with Gasteiger partial charge < -0.3 is 35.1 Å². The van der Waals surface area contributed by atoms with Gasteiger partial charge in [0.2, 0.25) is 5.91 Å². The van der Waals surface area contributed by atoms with Crippen molar-refractivity contribution in [3.05, 3.63) is 54.1 Å². The van der Waals surface area contributed by atoms with Gasteiger partial charge in [-0.05, 0) is 38.5 Å². The van der Waals surface area contributed by atoms with Gasteiger partial charge in [-0.15, -0.1) is 0 Å². The van der Waals surface area contributed by atoms with E-state index in [9.17, 15) is 14.4 Å². The molecule has 0 spiro atoms. The molecule has 0 aromatic heterocycles. The second-order valence-corrected chi connectivity index (χ2v) is 8.52. The Hall–Kier alpha value is -3.63. The van der Waals surface area contributed by atoms with Crippen LogP contribution in [0.5, 0.6) is 5.75 Å². The molecule has 10 nitrogen and oxygen atoms in total. The Morgan fingerprint density at radius 2 is 1.76 bits per heavy atom. The third-order valence-corrected chi connectivity index (χ3v) is 5.95. The highest BCUT2D eigenvalue weighted by Gasteiger charge is 2.53. The van der Waals surface area contributed by atoms with Crippen LogP contribution >= 0.6 is 0 Å². The van der Waals surface area contributed by atoms with Crippen LogP contribution in [0.2, 0.25) is 0 Å². The number of nitrogens with one attached hydrogen (secondary N) is 3. The van der Waals surface area contributed by atoms with Crippen molar-refractivity contribution in [1.29, 1.82) is 0 Å². The molecule has 0 aliphatic carbocycles. The number of anilines is 2. The highest BCUT2D eigenvalue weighted by atomic mass is 16.7. The maximum absolute atomic E-state index is 14.1. The third kappa shape index (κ3) is 6.58. The normalized spacial score (nSPS) is 16.5. The molecule has 0 bridgehead atoms. The van der Waals surface area contributed by atoms with E-state index in [1.807, 2.05) is 20.8 Å². The molecule has 37 heavy (non-hydrogen) atoms. The number of para-hydroxylation sites is 1. The summed E-state index contributed by atoms with van der Waals surface area (Å²) in [5.74, 6) is -0.219. The standard InChI is InChI=1S/C27H36N4O6/c1-5-15-28-23(32)17-27(30-26(34)29-19-11-10-12-20(16-19)35-4)21-13-8-9-14-22(21)31(25(27)33)18-24(36-6-2)37-7-3/h8-14,16,24H,5-7,15,17-18H2,1-4H3,(H,28,32)(H2,29,30,34). The minimum Gasteiger partial charge on any atom is -0.497 e. The summed E-state index contributed by atoms with van der Waals surface area (Å²) in [4.78, 5) is 41.8. The molecule has 1 unspecified atom stereocenters. The number of carbonyl (C=O) groups is 3. The minimum absolute atomic E-state index is 0.106. The zero-order chi connectivity index (χ0) is 26.8. The molecule has 10 heteroatoms. The second kappa shape index (κ2) is 13.1. The van der Waals surface area contributed by atoms with E-state index in [0.29, 0.717) is 42.4 Å². The molecule has 200 valence electrons. The van der Waals surface area contributed by atoms with Crippen LogP contribution in [0.3, 0.4) is 0 Å². The number of urea groups is 1. The maximum Gasteiger partial charge on any atom is 0.320 e. The van der Waals surface area contributed by atoms with E-state index in [2.05, 4.69) is 16.0 Å². The molecule has 0 fully saturated rings. The van der Waals surface area contributed by atoms with Crippen molar-refractivity contribution in [3.8, 4) is 5.75 Å². The average Bonchev–Trinajstić information content (AvgIpc) is 3.10. The number of methoxy groups -OCH3 is 1. The number of nitrogens with zero attached hydrogens (tertiary/aromatic N) is 1. The van der Waals surface area contributed by atoms with Gasteiger partial charge in [-0.1, -0.05) is 31.2 Å². The number of fused-ring (bicyclic) bond motifs is 1. The Kier molecular flexibility index (Phi) is 9.87. The SMILES string of the molecule is CCCNC(=O)CC1(NC(=O)Nc2cccc(OC)c2)C(=O)N(CC(OCC)OCC)c2ccccc21. The lowest BCUT2D eigenvalue weighted by Crippen LogP contribution is -2.57. The summed E-state index contributed by atoms with van der Waals surface area (Å²) < 4.78 is 16.6. The van der Waals surface area contributed by atoms with E-state index in [4.69, 9.17) is 14.2 Å². The molecule has 0 radical (unpaired) electrons. The second-order valence-electron chi connectivity index (χ2n) is 8.52.